The van der Waals surface area contributed by atoms with Crippen molar-refractivity contribution in [2.75, 3.05) is 25.3 Å². The highest BCUT2D eigenvalue weighted by Crippen LogP contribution is 2.28. The Hall–Kier alpha value is -3.57. The highest BCUT2D eigenvalue weighted by Gasteiger charge is 2.14. The van der Waals surface area contributed by atoms with E-state index in [1.54, 1.807) is 38.5 Å². The number of ether oxygens (including phenoxy) is 2. The van der Waals surface area contributed by atoms with Gasteiger partial charge in [0.1, 0.15) is 0 Å². The van der Waals surface area contributed by atoms with Crippen LogP contribution in [0.15, 0.2) is 70.8 Å². The topological polar surface area (TPSA) is 107 Å². The standard InChI is InChI=1S/C25H26BrN5O4S/c1-4-13-31-22(15-27-23(32)12-6-17-5-11-20(34-2)21(14-17)35-3)29-30-25(31)36-16-24(33)28-19-9-7-18(26)8-10-19/h4-12,14H,1,13,15-16H2,2-3H3,(H,27,32)(H,28,33). The van der Waals surface area contributed by atoms with E-state index in [0.717, 1.165) is 10.0 Å². The first-order valence-electron chi connectivity index (χ1n) is 10.8. The smallest absolute Gasteiger partial charge is 0.244 e. The fraction of sp³-hybridized carbons (Fsp3) is 0.200. The number of aromatic nitrogens is 3. The van der Waals surface area contributed by atoms with Crippen LogP contribution in [0.25, 0.3) is 6.08 Å². The van der Waals surface area contributed by atoms with Gasteiger partial charge in [0.25, 0.3) is 0 Å². The fourth-order valence-corrected chi connectivity index (χ4v) is 4.11. The molecule has 0 fully saturated rings. The van der Waals surface area contributed by atoms with E-state index in [0.29, 0.717) is 34.7 Å². The predicted molar refractivity (Wildman–Crippen MR) is 144 cm³/mol. The van der Waals surface area contributed by atoms with Gasteiger partial charge >= 0.3 is 0 Å². The average molecular weight is 572 g/mol. The second-order valence-corrected chi connectivity index (χ2v) is 9.17. The monoisotopic (exact) mass is 571 g/mol. The quantitative estimate of drug-likeness (QED) is 0.189. The molecule has 2 aromatic carbocycles. The van der Waals surface area contributed by atoms with E-state index in [1.165, 1.54) is 17.8 Å². The summed E-state index contributed by atoms with van der Waals surface area (Å²) in [7, 11) is 3.12. The Morgan fingerprint density at radius 1 is 1.11 bits per heavy atom. The number of nitrogens with zero attached hydrogens (tertiary/aromatic N) is 3. The number of rotatable bonds is 12. The van der Waals surface area contributed by atoms with Crippen LogP contribution in [0.4, 0.5) is 5.69 Å². The molecule has 1 heterocycles. The van der Waals surface area contributed by atoms with E-state index < -0.39 is 0 Å². The average Bonchev–Trinajstić information content (AvgIpc) is 3.27. The van der Waals surface area contributed by atoms with Crippen molar-refractivity contribution in [1.29, 1.82) is 0 Å². The number of carbonyl (C=O) groups is 2. The molecule has 9 nitrogen and oxygen atoms in total. The molecule has 11 heteroatoms. The summed E-state index contributed by atoms with van der Waals surface area (Å²) in [6.45, 7) is 4.38. The summed E-state index contributed by atoms with van der Waals surface area (Å²) in [6, 6.07) is 12.7. The minimum Gasteiger partial charge on any atom is -0.493 e. The first-order valence-corrected chi connectivity index (χ1v) is 12.6. The van der Waals surface area contributed by atoms with Crippen LogP contribution in [-0.2, 0) is 22.7 Å². The van der Waals surface area contributed by atoms with Crippen molar-refractivity contribution in [3.8, 4) is 11.5 Å². The number of carbonyl (C=O) groups excluding carboxylic acids is 2. The van der Waals surface area contributed by atoms with Crippen molar-refractivity contribution < 1.29 is 19.1 Å². The molecule has 188 valence electrons. The van der Waals surface area contributed by atoms with Crippen LogP contribution in [-0.4, -0.2) is 46.6 Å². The maximum atomic E-state index is 12.4. The summed E-state index contributed by atoms with van der Waals surface area (Å²) >= 11 is 4.63. The fourth-order valence-electron chi connectivity index (χ4n) is 3.08. The maximum absolute atomic E-state index is 12.4. The Balaban J connectivity index is 1.56. The van der Waals surface area contributed by atoms with Gasteiger partial charge < -0.3 is 24.7 Å². The third-order valence-electron chi connectivity index (χ3n) is 4.82. The molecule has 0 saturated carbocycles. The van der Waals surface area contributed by atoms with Crippen molar-refractivity contribution in [3.63, 3.8) is 0 Å². The van der Waals surface area contributed by atoms with Crippen LogP contribution in [0.5, 0.6) is 11.5 Å². The van der Waals surface area contributed by atoms with E-state index in [-0.39, 0.29) is 24.1 Å². The molecule has 0 unspecified atom stereocenters. The molecule has 0 spiro atoms. The van der Waals surface area contributed by atoms with E-state index in [1.807, 2.05) is 34.9 Å². The minimum atomic E-state index is -0.291. The van der Waals surface area contributed by atoms with Crippen LogP contribution in [0.3, 0.4) is 0 Å². The second-order valence-electron chi connectivity index (χ2n) is 7.31. The number of benzene rings is 2. The van der Waals surface area contributed by atoms with Gasteiger partial charge in [-0.2, -0.15) is 0 Å². The lowest BCUT2D eigenvalue weighted by atomic mass is 10.2. The number of anilines is 1. The van der Waals surface area contributed by atoms with Crippen LogP contribution in [0, 0.1) is 0 Å². The molecule has 1 aromatic heterocycles. The van der Waals surface area contributed by atoms with Crippen molar-refractivity contribution in [1.82, 2.24) is 20.1 Å². The third-order valence-corrected chi connectivity index (χ3v) is 6.32. The molecule has 36 heavy (non-hydrogen) atoms. The zero-order valence-electron chi connectivity index (χ0n) is 19.9. The molecule has 0 aliphatic heterocycles. The summed E-state index contributed by atoms with van der Waals surface area (Å²) in [5.74, 6) is 1.45. The lowest BCUT2D eigenvalue weighted by Gasteiger charge is -2.09. The number of halogens is 1. The van der Waals surface area contributed by atoms with E-state index >= 15 is 0 Å². The largest absolute Gasteiger partial charge is 0.493 e. The van der Waals surface area contributed by atoms with Crippen LogP contribution >= 0.6 is 27.7 Å². The third kappa shape index (κ3) is 7.72. The molecule has 0 bridgehead atoms. The number of amides is 2. The van der Waals surface area contributed by atoms with Gasteiger partial charge in [0, 0.05) is 22.8 Å². The Bertz CT molecular complexity index is 1240. The summed E-state index contributed by atoms with van der Waals surface area (Å²) in [5, 5.41) is 14.6. The number of allylic oxidation sites excluding steroid dienone is 1. The van der Waals surface area contributed by atoms with E-state index in [9.17, 15) is 9.59 Å². The lowest BCUT2D eigenvalue weighted by molar-refractivity contribution is -0.116. The van der Waals surface area contributed by atoms with Gasteiger partial charge in [0.15, 0.2) is 22.5 Å². The summed E-state index contributed by atoms with van der Waals surface area (Å²) in [4.78, 5) is 24.7. The normalized spacial score (nSPS) is 10.8. The highest BCUT2D eigenvalue weighted by atomic mass is 79.9. The first-order chi connectivity index (χ1) is 17.4. The molecule has 2 amide bonds. The number of hydrogen-bond donors (Lipinski definition) is 2. The number of hydrogen-bond acceptors (Lipinski definition) is 7. The molecule has 0 aliphatic carbocycles. The maximum Gasteiger partial charge on any atom is 0.244 e. The molecule has 0 aliphatic rings. The molecule has 0 radical (unpaired) electrons. The predicted octanol–water partition coefficient (Wildman–Crippen LogP) is 4.30. The van der Waals surface area contributed by atoms with Crippen molar-refractivity contribution in [3.05, 3.63) is 77.1 Å². The SMILES string of the molecule is C=CCn1c(CNC(=O)C=Cc2ccc(OC)c(OC)c2)nnc1SCC(=O)Nc1ccc(Br)cc1. The Morgan fingerprint density at radius 3 is 2.56 bits per heavy atom. The second kappa shape index (κ2) is 13.5. The summed E-state index contributed by atoms with van der Waals surface area (Å²) in [5.41, 5.74) is 1.50. The first kappa shape index (κ1) is 27.0. The molecular weight excluding hydrogens is 546 g/mol. The van der Waals surface area contributed by atoms with Crippen LogP contribution in [0.1, 0.15) is 11.4 Å². The van der Waals surface area contributed by atoms with E-state index in [4.69, 9.17) is 9.47 Å². The molecule has 0 saturated heterocycles. The van der Waals surface area contributed by atoms with Gasteiger partial charge in [-0.05, 0) is 48.0 Å². The molecule has 2 N–H and O–H groups in total. The zero-order chi connectivity index (χ0) is 25.9. The number of thioether (sulfide) groups is 1. The molecule has 0 atom stereocenters. The lowest BCUT2D eigenvalue weighted by Crippen LogP contribution is -2.23. The zero-order valence-corrected chi connectivity index (χ0v) is 22.3. The van der Waals surface area contributed by atoms with Gasteiger partial charge in [0.2, 0.25) is 11.8 Å². The van der Waals surface area contributed by atoms with Gasteiger partial charge in [0.05, 0.1) is 26.5 Å². The van der Waals surface area contributed by atoms with Crippen LogP contribution < -0.4 is 20.1 Å². The van der Waals surface area contributed by atoms with Gasteiger partial charge in [-0.15, -0.1) is 16.8 Å². The minimum absolute atomic E-state index is 0.158. The molecule has 3 aromatic rings. The molecular formula is C25H26BrN5O4S. The number of nitrogens with one attached hydrogen (secondary N) is 2. The van der Waals surface area contributed by atoms with Crippen molar-refractivity contribution in [2.45, 2.75) is 18.2 Å². The van der Waals surface area contributed by atoms with E-state index in [2.05, 4.69) is 43.3 Å². The Labute approximate surface area is 222 Å². The van der Waals surface area contributed by atoms with Gasteiger partial charge in [-0.1, -0.05) is 39.8 Å². The highest BCUT2D eigenvalue weighted by molar-refractivity contribution is 9.10. The van der Waals surface area contributed by atoms with Crippen molar-refractivity contribution in [2.24, 2.45) is 0 Å². The van der Waals surface area contributed by atoms with Gasteiger partial charge in [-0.3, -0.25) is 9.59 Å². The summed E-state index contributed by atoms with van der Waals surface area (Å²) in [6.07, 6.45) is 4.81. The van der Waals surface area contributed by atoms with Crippen molar-refractivity contribution >= 4 is 51.3 Å². The Morgan fingerprint density at radius 2 is 1.86 bits per heavy atom. The number of methoxy groups -OCH3 is 2. The molecule has 3 rings (SSSR count). The van der Waals surface area contributed by atoms with Crippen LogP contribution in [0.2, 0.25) is 0 Å². The summed E-state index contributed by atoms with van der Waals surface area (Å²) < 4.78 is 13.2. The van der Waals surface area contributed by atoms with Gasteiger partial charge in [-0.25, -0.2) is 0 Å². The Kier molecular flexibility index (Phi) is 10.1.